The van der Waals surface area contributed by atoms with Crippen LogP contribution in [0.5, 0.6) is 0 Å². The molecule has 2 N–H and O–H groups in total. The number of imidazole rings is 1. The van der Waals surface area contributed by atoms with E-state index in [0.29, 0.717) is 18.0 Å². The molecule has 1 amide bonds. The fourth-order valence-corrected chi connectivity index (χ4v) is 3.14. The first-order chi connectivity index (χ1) is 13.5. The summed E-state index contributed by atoms with van der Waals surface area (Å²) >= 11 is 5.99. The monoisotopic (exact) mass is 397 g/mol. The third kappa shape index (κ3) is 4.58. The van der Waals surface area contributed by atoms with Crippen molar-refractivity contribution in [2.24, 2.45) is 0 Å². The maximum absolute atomic E-state index is 12.1. The molecule has 0 radical (unpaired) electrons. The lowest BCUT2D eigenvalue weighted by molar-refractivity contribution is -0.131. The van der Waals surface area contributed by atoms with Gasteiger partial charge in [0.1, 0.15) is 5.82 Å². The first-order valence-electron chi connectivity index (χ1n) is 8.89. The maximum atomic E-state index is 12.1. The number of fused-ring (bicyclic) bond motifs is 1. The second-order valence-electron chi connectivity index (χ2n) is 6.31. The highest BCUT2D eigenvalue weighted by Crippen LogP contribution is 2.24. The number of halogens is 1. The number of nitrogens with one attached hydrogen (secondary N) is 1. The summed E-state index contributed by atoms with van der Waals surface area (Å²) in [5, 5.41) is 12.2. The topological polar surface area (TPSA) is 84.2 Å². The Bertz CT molecular complexity index is 1030. The Kier molecular flexibility index (Phi) is 6.11. The van der Waals surface area contributed by atoms with Crippen molar-refractivity contribution >= 4 is 34.5 Å². The van der Waals surface area contributed by atoms with Gasteiger partial charge in [-0.25, -0.2) is 9.78 Å². The van der Waals surface area contributed by atoms with E-state index in [0.717, 1.165) is 34.6 Å². The summed E-state index contributed by atoms with van der Waals surface area (Å²) < 4.78 is 2.06. The summed E-state index contributed by atoms with van der Waals surface area (Å²) in [5.41, 5.74) is 2.85. The highest BCUT2D eigenvalue weighted by molar-refractivity contribution is 6.30. The number of nitrogens with zero attached hydrogens (tertiary/aromatic N) is 2. The van der Waals surface area contributed by atoms with Gasteiger partial charge in [0.05, 0.1) is 17.1 Å². The van der Waals surface area contributed by atoms with Gasteiger partial charge < -0.3 is 15.0 Å². The van der Waals surface area contributed by atoms with Gasteiger partial charge in [-0.2, -0.15) is 0 Å². The van der Waals surface area contributed by atoms with Gasteiger partial charge >= 0.3 is 5.97 Å². The largest absolute Gasteiger partial charge is 0.478 e. The van der Waals surface area contributed by atoms with Crippen LogP contribution in [-0.4, -0.2) is 26.5 Å². The Labute approximate surface area is 167 Å². The molecule has 0 aliphatic heterocycles. The normalized spacial score (nSPS) is 12.4. The van der Waals surface area contributed by atoms with Crippen LogP contribution < -0.4 is 5.32 Å². The Morgan fingerprint density at radius 3 is 2.57 bits per heavy atom. The molecular weight excluding hydrogens is 378 g/mol. The van der Waals surface area contributed by atoms with Gasteiger partial charge in [0.2, 0.25) is 5.91 Å². The van der Waals surface area contributed by atoms with Crippen LogP contribution in [0.25, 0.3) is 11.0 Å². The molecule has 1 atom stereocenters. The SMILES string of the molecule is CCC(NC(=O)/C=C/C(=O)O)c1nc2ccccc2n1Cc1ccc(Cl)cc1. The van der Waals surface area contributed by atoms with Crippen LogP contribution in [0, 0.1) is 0 Å². The van der Waals surface area contributed by atoms with E-state index in [4.69, 9.17) is 21.7 Å². The van der Waals surface area contributed by atoms with E-state index >= 15 is 0 Å². The minimum absolute atomic E-state index is 0.356. The number of hydrogen-bond donors (Lipinski definition) is 2. The summed E-state index contributed by atoms with van der Waals surface area (Å²) in [7, 11) is 0. The van der Waals surface area contributed by atoms with Crippen molar-refractivity contribution in [3.8, 4) is 0 Å². The lowest BCUT2D eigenvalue weighted by Crippen LogP contribution is -2.29. The smallest absolute Gasteiger partial charge is 0.328 e. The number of carbonyl (C=O) groups is 2. The van der Waals surface area contributed by atoms with Crippen LogP contribution in [0.2, 0.25) is 5.02 Å². The van der Waals surface area contributed by atoms with Crippen molar-refractivity contribution in [2.75, 3.05) is 0 Å². The van der Waals surface area contributed by atoms with Crippen LogP contribution in [0.4, 0.5) is 0 Å². The molecule has 7 heteroatoms. The molecule has 0 bridgehead atoms. The van der Waals surface area contributed by atoms with E-state index in [9.17, 15) is 9.59 Å². The van der Waals surface area contributed by atoms with Gasteiger partial charge in [0.15, 0.2) is 0 Å². The summed E-state index contributed by atoms with van der Waals surface area (Å²) in [6, 6.07) is 15.0. The van der Waals surface area contributed by atoms with Crippen molar-refractivity contribution in [1.82, 2.24) is 14.9 Å². The fourth-order valence-electron chi connectivity index (χ4n) is 3.01. The molecule has 0 spiro atoms. The Balaban J connectivity index is 1.97. The fraction of sp³-hybridized carbons (Fsp3) is 0.190. The van der Waals surface area contributed by atoms with Gasteiger partial charge in [0.25, 0.3) is 0 Å². The number of aliphatic carboxylic acids is 1. The Morgan fingerprint density at radius 2 is 1.89 bits per heavy atom. The Morgan fingerprint density at radius 1 is 1.18 bits per heavy atom. The zero-order valence-electron chi connectivity index (χ0n) is 15.3. The van der Waals surface area contributed by atoms with Gasteiger partial charge in [-0.05, 0) is 36.2 Å². The average Bonchev–Trinajstić information content (AvgIpc) is 3.04. The molecule has 3 aromatic rings. The molecule has 144 valence electrons. The zero-order valence-corrected chi connectivity index (χ0v) is 16.1. The molecule has 1 unspecified atom stereocenters. The molecule has 2 aromatic carbocycles. The van der Waals surface area contributed by atoms with Gasteiger partial charge in [-0.15, -0.1) is 0 Å². The molecule has 1 aromatic heterocycles. The molecular formula is C21H20ClN3O3. The second-order valence-corrected chi connectivity index (χ2v) is 6.75. The molecule has 0 fully saturated rings. The predicted molar refractivity (Wildman–Crippen MR) is 108 cm³/mol. The van der Waals surface area contributed by atoms with E-state index in [1.54, 1.807) is 0 Å². The molecule has 0 aliphatic rings. The number of aromatic nitrogens is 2. The molecule has 0 saturated carbocycles. The van der Waals surface area contributed by atoms with Crippen LogP contribution in [-0.2, 0) is 16.1 Å². The second kappa shape index (κ2) is 8.71. The van der Waals surface area contributed by atoms with Crippen molar-refractivity contribution in [3.63, 3.8) is 0 Å². The Hall–Kier alpha value is -3.12. The first kappa shape index (κ1) is 19.6. The number of hydrogen-bond acceptors (Lipinski definition) is 3. The van der Waals surface area contributed by atoms with Gasteiger partial charge in [-0.3, -0.25) is 4.79 Å². The molecule has 0 aliphatic carbocycles. The van der Waals surface area contributed by atoms with E-state index in [1.165, 1.54) is 0 Å². The molecule has 1 heterocycles. The average molecular weight is 398 g/mol. The number of rotatable bonds is 7. The number of carboxylic acid groups (broad SMARTS) is 1. The van der Waals surface area contributed by atoms with E-state index in [1.807, 2.05) is 55.5 Å². The number of para-hydroxylation sites is 2. The highest BCUT2D eigenvalue weighted by atomic mass is 35.5. The standard InChI is InChI=1S/C21H20ClN3O3/c1-2-16(23-19(26)11-12-20(27)28)21-24-17-5-3-4-6-18(17)25(21)13-14-7-9-15(22)10-8-14/h3-12,16H,2,13H2,1H3,(H,23,26)(H,27,28)/b12-11+. The number of benzene rings is 2. The maximum Gasteiger partial charge on any atom is 0.328 e. The summed E-state index contributed by atoms with van der Waals surface area (Å²) in [4.78, 5) is 27.5. The summed E-state index contributed by atoms with van der Waals surface area (Å²) in [5.74, 6) is -0.923. The quantitative estimate of drug-likeness (QED) is 0.591. The van der Waals surface area contributed by atoms with Crippen LogP contribution in [0.1, 0.15) is 30.8 Å². The lowest BCUT2D eigenvalue weighted by atomic mass is 10.2. The molecule has 28 heavy (non-hydrogen) atoms. The number of carboxylic acids is 1. The molecule has 0 saturated heterocycles. The third-order valence-electron chi connectivity index (χ3n) is 4.35. The summed E-state index contributed by atoms with van der Waals surface area (Å²) in [6.45, 7) is 2.52. The predicted octanol–water partition coefficient (Wildman–Crippen LogP) is 3.95. The first-order valence-corrected chi connectivity index (χ1v) is 9.27. The van der Waals surface area contributed by atoms with Crippen molar-refractivity contribution < 1.29 is 14.7 Å². The summed E-state index contributed by atoms with van der Waals surface area (Å²) in [6.07, 6.45) is 2.44. The van der Waals surface area contributed by atoms with Crippen LogP contribution in [0.15, 0.2) is 60.7 Å². The molecule has 3 rings (SSSR count). The minimum atomic E-state index is -1.17. The highest BCUT2D eigenvalue weighted by Gasteiger charge is 2.20. The third-order valence-corrected chi connectivity index (χ3v) is 4.60. The van der Waals surface area contributed by atoms with E-state index < -0.39 is 11.9 Å². The number of carbonyl (C=O) groups excluding carboxylic acids is 1. The number of amides is 1. The molecule has 6 nitrogen and oxygen atoms in total. The minimum Gasteiger partial charge on any atom is -0.478 e. The van der Waals surface area contributed by atoms with E-state index in [-0.39, 0.29) is 6.04 Å². The van der Waals surface area contributed by atoms with Crippen molar-refractivity contribution in [1.29, 1.82) is 0 Å². The van der Waals surface area contributed by atoms with Crippen molar-refractivity contribution in [2.45, 2.75) is 25.9 Å². The van der Waals surface area contributed by atoms with Crippen LogP contribution >= 0.6 is 11.6 Å². The lowest BCUT2D eigenvalue weighted by Gasteiger charge is -2.18. The van der Waals surface area contributed by atoms with Gasteiger partial charge in [-0.1, -0.05) is 42.8 Å². The van der Waals surface area contributed by atoms with Gasteiger partial charge in [0, 0.05) is 23.7 Å². The van der Waals surface area contributed by atoms with Crippen LogP contribution in [0.3, 0.4) is 0 Å². The van der Waals surface area contributed by atoms with Crippen molar-refractivity contribution in [3.05, 3.63) is 77.1 Å². The zero-order chi connectivity index (χ0) is 20.1. The van der Waals surface area contributed by atoms with E-state index in [2.05, 4.69) is 9.88 Å².